The SMILES string of the molecule is COc1cc(F)c([N+](=O)[O-])cc1N(F)F. The zero-order chi connectivity index (χ0) is 11.6. The van der Waals surface area contributed by atoms with Crippen molar-refractivity contribution < 1.29 is 23.0 Å². The van der Waals surface area contributed by atoms with Gasteiger partial charge in [0.2, 0.25) is 5.82 Å². The molecule has 0 spiro atoms. The van der Waals surface area contributed by atoms with Crippen molar-refractivity contribution in [3.63, 3.8) is 0 Å². The van der Waals surface area contributed by atoms with Crippen LogP contribution in [0.3, 0.4) is 0 Å². The summed E-state index contributed by atoms with van der Waals surface area (Å²) in [6, 6.07) is 0.924. The van der Waals surface area contributed by atoms with Crippen molar-refractivity contribution in [3.8, 4) is 5.75 Å². The van der Waals surface area contributed by atoms with E-state index >= 15 is 0 Å². The lowest BCUT2D eigenvalue weighted by molar-refractivity contribution is -0.387. The third-order valence-electron chi connectivity index (χ3n) is 1.63. The van der Waals surface area contributed by atoms with E-state index in [4.69, 9.17) is 0 Å². The van der Waals surface area contributed by atoms with E-state index in [0.717, 1.165) is 7.11 Å². The third-order valence-corrected chi connectivity index (χ3v) is 1.63. The Kier molecular flexibility index (Phi) is 2.98. The van der Waals surface area contributed by atoms with Crippen LogP contribution in [0.25, 0.3) is 0 Å². The highest BCUT2D eigenvalue weighted by atomic mass is 19.4. The van der Waals surface area contributed by atoms with Gasteiger partial charge in [-0.2, -0.15) is 4.39 Å². The van der Waals surface area contributed by atoms with E-state index in [1.165, 1.54) is 0 Å². The average molecular weight is 222 g/mol. The summed E-state index contributed by atoms with van der Waals surface area (Å²) in [4.78, 5) is 9.16. The Morgan fingerprint density at radius 1 is 1.47 bits per heavy atom. The molecule has 15 heavy (non-hydrogen) atoms. The number of nitro groups is 1. The van der Waals surface area contributed by atoms with E-state index in [-0.39, 0.29) is 0 Å². The van der Waals surface area contributed by atoms with E-state index in [1.807, 2.05) is 0 Å². The molecule has 0 saturated heterocycles. The minimum atomic E-state index is -1.38. The molecule has 1 aromatic carbocycles. The molecule has 5 nitrogen and oxygen atoms in total. The minimum absolute atomic E-state index is 0.397. The Bertz CT molecular complexity index is 397. The van der Waals surface area contributed by atoms with Gasteiger partial charge in [-0.25, -0.2) is 0 Å². The molecule has 0 N–H and O–H groups in total. The summed E-state index contributed by atoms with van der Waals surface area (Å²) in [5.41, 5.74) is -1.91. The van der Waals surface area contributed by atoms with Gasteiger partial charge in [-0.3, -0.25) is 10.1 Å². The standard InChI is InChI=1S/C7H5F3N2O3/c1-15-7-2-4(8)5(12(13)14)3-6(7)11(9)10/h2-3H,1H3. The number of methoxy groups -OCH3 is 1. The molecule has 82 valence electrons. The van der Waals surface area contributed by atoms with Gasteiger partial charge >= 0.3 is 5.69 Å². The molecule has 0 aliphatic heterocycles. The summed E-state index contributed by atoms with van der Waals surface area (Å²) >= 11 is 0. The first-order valence-electron chi connectivity index (χ1n) is 3.61. The maximum atomic E-state index is 12.9. The second-order valence-corrected chi connectivity index (χ2v) is 2.47. The van der Waals surface area contributed by atoms with Crippen molar-refractivity contribution in [2.24, 2.45) is 0 Å². The number of nitrogens with zero attached hydrogens (tertiary/aromatic N) is 2. The Morgan fingerprint density at radius 2 is 2.07 bits per heavy atom. The quantitative estimate of drug-likeness (QED) is 0.447. The molecule has 0 fully saturated rings. The Labute approximate surface area is 81.7 Å². The highest BCUT2D eigenvalue weighted by molar-refractivity contribution is 5.61. The molecule has 8 heteroatoms. The van der Waals surface area contributed by atoms with Crippen molar-refractivity contribution in [2.45, 2.75) is 0 Å². The van der Waals surface area contributed by atoms with Crippen LogP contribution in [0.4, 0.5) is 24.7 Å². The van der Waals surface area contributed by atoms with Crippen molar-refractivity contribution in [2.75, 3.05) is 12.5 Å². The number of ether oxygens (including phenoxy) is 1. The number of hydrogen-bond acceptors (Lipinski definition) is 4. The molecule has 0 bridgehead atoms. The van der Waals surface area contributed by atoms with Gasteiger partial charge in [-0.05, 0) is 5.34 Å². The van der Waals surface area contributed by atoms with Gasteiger partial charge in [0.25, 0.3) is 0 Å². The second kappa shape index (κ2) is 4.03. The number of hydrogen-bond donors (Lipinski definition) is 0. The van der Waals surface area contributed by atoms with Crippen molar-refractivity contribution in [3.05, 3.63) is 28.1 Å². The topological polar surface area (TPSA) is 55.6 Å². The van der Waals surface area contributed by atoms with Gasteiger partial charge < -0.3 is 4.74 Å². The lowest BCUT2D eigenvalue weighted by Gasteiger charge is -2.08. The van der Waals surface area contributed by atoms with E-state index < -0.39 is 33.2 Å². The van der Waals surface area contributed by atoms with E-state index in [2.05, 4.69) is 4.74 Å². The second-order valence-electron chi connectivity index (χ2n) is 2.47. The first-order chi connectivity index (χ1) is 6.97. The first-order valence-corrected chi connectivity index (χ1v) is 3.61. The number of anilines is 1. The van der Waals surface area contributed by atoms with E-state index in [9.17, 15) is 23.5 Å². The summed E-state index contributed by atoms with van der Waals surface area (Å²) in [5, 5.41) is 8.87. The normalized spacial score (nSPS) is 9.87. The van der Waals surface area contributed by atoms with Gasteiger partial charge in [-0.15, -0.1) is 0 Å². The number of rotatable bonds is 3. The summed E-state index contributed by atoms with van der Waals surface area (Å²) in [6.45, 7) is 0. The minimum Gasteiger partial charge on any atom is -0.494 e. The molecule has 0 unspecified atom stereocenters. The van der Waals surface area contributed by atoms with Crippen LogP contribution in [-0.4, -0.2) is 12.0 Å². The number of benzene rings is 1. The maximum Gasteiger partial charge on any atom is 0.307 e. The van der Waals surface area contributed by atoms with Crippen molar-refractivity contribution >= 4 is 11.4 Å². The van der Waals surface area contributed by atoms with Gasteiger partial charge in [0.15, 0.2) is 11.4 Å². The number of halogens is 3. The molecule has 0 aliphatic carbocycles. The highest BCUT2D eigenvalue weighted by Crippen LogP contribution is 2.34. The van der Waals surface area contributed by atoms with Gasteiger partial charge in [-0.1, -0.05) is 8.96 Å². The zero-order valence-electron chi connectivity index (χ0n) is 7.41. The molecule has 0 aromatic heterocycles. The number of nitro benzene ring substituents is 1. The molecule has 0 atom stereocenters. The van der Waals surface area contributed by atoms with Crippen LogP contribution in [0.5, 0.6) is 5.75 Å². The summed E-state index contributed by atoms with van der Waals surface area (Å²) in [7, 11) is 1.05. The first kappa shape index (κ1) is 11.1. The largest absolute Gasteiger partial charge is 0.494 e. The zero-order valence-corrected chi connectivity index (χ0v) is 7.41. The maximum absolute atomic E-state index is 12.9. The lowest BCUT2D eigenvalue weighted by Crippen LogP contribution is -2.02. The van der Waals surface area contributed by atoms with E-state index in [1.54, 1.807) is 0 Å². The molecule has 0 heterocycles. The van der Waals surface area contributed by atoms with Crippen LogP contribution in [-0.2, 0) is 0 Å². The predicted octanol–water partition coefficient (Wildman–Crippen LogP) is 2.32. The molecule has 0 radical (unpaired) electrons. The van der Waals surface area contributed by atoms with Crippen LogP contribution >= 0.6 is 0 Å². The Morgan fingerprint density at radius 3 is 2.47 bits per heavy atom. The van der Waals surface area contributed by atoms with Crippen molar-refractivity contribution in [1.29, 1.82) is 0 Å². The summed E-state index contributed by atoms with van der Waals surface area (Å²) < 4.78 is 41.8. The molecule has 0 amide bonds. The molecule has 1 aromatic rings. The fourth-order valence-corrected chi connectivity index (χ4v) is 0.968. The Balaban J connectivity index is 3.37. The average Bonchev–Trinajstić information content (AvgIpc) is 2.16. The third kappa shape index (κ3) is 2.09. The van der Waals surface area contributed by atoms with Crippen LogP contribution in [0, 0.1) is 15.9 Å². The van der Waals surface area contributed by atoms with Crippen molar-refractivity contribution in [1.82, 2.24) is 0 Å². The van der Waals surface area contributed by atoms with Crippen LogP contribution < -0.4 is 10.1 Å². The monoisotopic (exact) mass is 222 g/mol. The van der Waals surface area contributed by atoms with Crippen LogP contribution in [0.1, 0.15) is 0 Å². The smallest absolute Gasteiger partial charge is 0.307 e. The summed E-state index contributed by atoms with van der Waals surface area (Å²) in [6.07, 6.45) is 0. The van der Waals surface area contributed by atoms with Gasteiger partial charge in [0.1, 0.15) is 0 Å². The summed E-state index contributed by atoms with van der Waals surface area (Å²) in [5.74, 6) is -1.72. The van der Waals surface area contributed by atoms with Crippen LogP contribution in [0.2, 0.25) is 0 Å². The van der Waals surface area contributed by atoms with Gasteiger partial charge in [0, 0.05) is 6.07 Å². The molecule has 1 rings (SSSR count). The molecular weight excluding hydrogens is 217 g/mol. The van der Waals surface area contributed by atoms with Crippen LogP contribution in [0.15, 0.2) is 12.1 Å². The molecular formula is C7H5F3N2O3. The molecule has 0 saturated carbocycles. The van der Waals surface area contributed by atoms with E-state index in [0.29, 0.717) is 12.1 Å². The fraction of sp³-hybridized carbons (Fsp3) is 0.143. The molecule has 0 aliphatic rings. The predicted molar refractivity (Wildman–Crippen MR) is 44.3 cm³/mol. The fourth-order valence-electron chi connectivity index (χ4n) is 0.968. The van der Waals surface area contributed by atoms with Gasteiger partial charge in [0.05, 0.1) is 18.1 Å². The highest BCUT2D eigenvalue weighted by Gasteiger charge is 2.22. The lowest BCUT2D eigenvalue weighted by atomic mass is 10.2. The Hall–Kier alpha value is -1.99.